The number of hydrogen-bond acceptors (Lipinski definition) is 7. The standard InChI is InChI=1S/C16H19N5OS/c1-9(2)11-6-10(3)12(19-4-5-23)7-13(11)22-14-8-20-16(18)21-15(14)17/h4-9H,1-3H3,(H4,17,18,20,21). The maximum atomic E-state index is 5.92. The van der Waals surface area contributed by atoms with E-state index in [1.54, 1.807) is 6.21 Å². The smallest absolute Gasteiger partial charge is 0.222 e. The van der Waals surface area contributed by atoms with Crippen molar-refractivity contribution in [3.8, 4) is 11.5 Å². The molecule has 0 amide bonds. The highest BCUT2D eigenvalue weighted by Gasteiger charge is 2.14. The van der Waals surface area contributed by atoms with Crippen LogP contribution in [0.2, 0.25) is 0 Å². The zero-order valence-electron chi connectivity index (χ0n) is 13.3. The molecule has 2 rings (SSSR count). The van der Waals surface area contributed by atoms with E-state index in [2.05, 4.69) is 28.8 Å². The van der Waals surface area contributed by atoms with Crippen molar-refractivity contribution in [3.63, 3.8) is 0 Å². The molecule has 4 N–H and O–H groups in total. The number of aliphatic imine (C=N–C) groups is 1. The van der Waals surface area contributed by atoms with E-state index >= 15 is 0 Å². The van der Waals surface area contributed by atoms with E-state index in [0.29, 0.717) is 11.5 Å². The largest absolute Gasteiger partial charge is 0.451 e. The number of nitrogens with zero attached hydrogens (tertiary/aromatic N) is 3. The Morgan fingerprint density at radius 2 is 2.00 bits per heavy atom. The molecule has 0 saturated carbocycles. The molecule has 1 aromatic carbocycles. The van der Waals surface area contributed by atoms with Crippen molar-refractivity contribution >= 4 is 41.3 Å². The molecule has 0 spiro atoms. The molecule has 0 aliphatic carbocycles. The molecule has 0 unspecified atom stereocenters. The summed E-state index contributed by atoms with van der Waals surface area (Å²) in [4.78, 5) is 12.1. The summed E-state index contributed by atoms with van der Waals surface area (Å²) in [5.41, 5.74) is 14.2. The second-order valence-corrected chi connectivity index (χ2v) is 5.60. The van der Waals surface area contributed by atoms with Gasteiger partial charge >= 0.3 is 0 Å². The third-order valence-electron chi connectivity index (χ3n) is 3.25. The van der Waals surface area contributed by atoms with Gasteiger partial charge in [-0.15, -0.1) is 0 Å². The molecule has 23 heavy (non-hydrogen) atoms. The molecule has 0 radical (unpaired) electrons. The fourth-order valence-corrected chi connectivity index (χ4v) is 2.15. The molecular formula is C16H19N5OS. The van der Waals surface area contributed by atoms with E-state index in [4.69, 9.17) is 28.4 Å². The summed E-state index contributed by atoms with van der Waals surface area (Å²) in [6, 6.07) is 3.90. The van der Waals surface area contributed by atoms with Crippen molar-refractivity contribution in [2.75, 3.05) is 11.5 Å². The lowest BCUT2D eigenvalue weighted by molar-refractivity contribution is 0.471. The van der Waals surface area contributed by atoms with Gasteiger partial charge in [0.15, 0.2) is 11.6 Å². The first-order chi connectivity index (χ1) is 10.9. The third-order valence-corrected chi connectivity index (χ3v) is 3.37. The number of nitrogens with two attached hydrogens (primary N) is 2. The highest BCUT2D eigenvalue weighted by atomic mass is 32.1. The molecule has 7 heteroatoms. The highest BCUT2D eigenvalue weighted by molar-refractivity contribution is 7.80. The zero-order chi connectivity index (χ0) is 17.0. The van der Waals surface area contributed by atoms with Crippen LogP contribution in [0.4, 0.5) is 17.5 Å². The molecule has 0 aliphatic rings. The van der Waals surface area contributed by atoms with Gasteiger partial charge < -0.3 is 16.2 Å². The number of rotatable bonds is 5. The Balaban J connectivity index is 2.49. The van der Waals surface area contributed by atoms with Gasteiger partial charge in [-0.05, 0) is 30.0 Å². The maximum absolute atomic E-state index is 5.92. The van der Waals surface area contributed by atoms with Crippen LogP contribution in [-0.2, 0) is 0 Å². The van der Waals surface area contributed by atoms with Crippen molar-refractivity contribution < 1.29 is 4.74 Å². The normalized spacial score (nSPS) is 11.1. The first kappa shape index (κ1) is 16.8. The van der Waals surface area contributed by atoms with Crippen molar-refractivity contribution in [1.82, 2.24) is 9.97 Å². The SMILES string of the molecule is Cc1cc(C(C)C)c(Oc2cnc(N)nc2N)cc1N=CC=S. The maximum Gasteiger partial charge on any atom is 0.222 e. The number of hydrogen-bond donors (Lipinski definition) is 2. The molecule has 2 aromatic rings. The lowest BCUT2D eigenvalue weighted by Gasteiger charge is -2.16. The van der Waals surface area contributed by atoms with Gasteiger partial charge in [0.1, 0.15) is 5.75 Å². The summed E-state index contributed by atoms with van der Waals surface area (Å²) < 4.78 is 5.92. The minimum absolute atomic E-state index is 0.106. The number of benzene rings is 1. The number of aryl methyl sites for hydroxylation is 1. The molecule has 120 valence electrons. The number of anilines is 2. The predicted octanol–water partition coefficient (Wildman–Crippen LogP) is 3.57. The number of ether oxygens (including phenoxy) is 1. The van der Waals surface area contributed by atoms with Crippen molar-refractivity contribution in [1.29, 1.82) is 0 Å². The van der Waals surface area contributed by atoms with Gasteiger partial charge in [-0.3, -0.25) is 4.99 Å². The Hall–Kier alpha value is -2.54. The van der Waals surface area contributed by atoms with Crippen LogP contribution in [0.15, 0.2) is 23.3 Å². The van der Waals surface area contributed by atoms with E-state index in [9.17, 15) is 0 Å². The first-order valence-electron chi connectivity index (χ1n) is 7.10. The Morgan fingerprint density at radius 1 is 1.26 bits per heavy atom. The first-order valence-corrected chi connectivity index (χ1v) is 7.57. The third kappa shape index (κ3) is 4.01. The van der Waals surface area contributed by atoms with Crippen LogP contribution in [0.1, 0.15) is 30.9 Å². The average Bonchev–Trinajstić information content (AvgIpc) is 2.49. The Labute approximate surface area is 140 Å². The van der Waals surface area contributed by atoms with Crippen LogP contribution in [0.25, 0.3) is 0 Å². The Morgan fingerprint density at radius 3 is 2.61 bits per heavy atom. The van der Waals surface area contributed by atoms with Crippen LogP contribution in [-0.4, -0.2) is 21.6 Å². The number of nitrogen functional groups attached to an aromatic ring is 2. The molecule has 1 aromatic heterocycles. The molecule has 0 saturated heterocycles. The summed E-state index contributed by atoms with van der Waals surface area (Å²) in [5.74, 6) is 1.57. The predicted molar refractivity (Wildman–Crippen MR) is 98.0 cm³/mol. The van der Waals surface area contributed by atoms with Gasteiger partial charge in [0.2, 0.25) is 5.95 Å². The minimum atomic E-state index is 0.106. The van der Waals surface area contributed by atoms with Crippen molar-refractivity contribution in [2.45, 2.75) is 26.7 Å². The van der Waals surface area contributed by atoms with Crippen LogP contribution in [0.3, 0.4) is 0 Å². The lowest BCUT2D eigenvalue weighted by Crippen LogP contribution is -2.02. The van der Waals surface area contributed by atoms with Gasteiger partial charge in [-0.2, -0.15) is 4.98 Å². The number of thiocarbonyl (C=S) groups is 1. The van der Waals surface area contributed by atoms with Gasteiger partial charge in [0.25, 0.3) is 0 Å². The van der Waals surface area contributed by atoms with Crippen LogP contribution >= 0.6 is 12.2 Å². The number of aromatic nitrogens is 2. The molecule has 0 aliphatic heterocycles. The fraction of sp³-hybridized carbons (Fsp3) is 0.250. The summed E-state index contributed by atoms with van der Waals surface area (Å²) in [7, 11) is 0. The summed E-state index contributed by atoms with van der Waals surface area (Å²) in [6.07, 6.45) is 3.03. The van der Waals surface area contributed by atoms with E-state index in [-0.39, 0.29) is 17.7 Å². The summed E-state index contributed by atoms with van der Waals surface area (Å²) >= 11 is 4.78. The van der Waals surface area contributed by atoms with Crippen molar-refractivity contribution in [3.05, 3.63) is 29.5 Å². The molecule has 6 nitrogen and oxygen atoms in total. The molecule has 0 fully saturated rings. The van der Waals surface area contributed by atoms with E-state index < -0.39 is 0 Å². The Kier molecular flexibility index (Phi) is 5.23. The van der Waals surface area contributed by atoms with Gasteiger partial charge in [0, 0.05) is 17.6 Å². The van der Waals surface area contributed by atoms with Gasteiger partial charge in [-0.1, -0.05) is 26.1 Å². The highest BCUT2D eigenvalue weighted by Crippen LogP contribution is 2.37. The second-order valence-electron chi connectivity index (χ2n) is 5.33. The van der Waals surface area contributed by atoms with Crippen molar-refractivity contribution in [2.24, 2.45) is 4.99 Å². The topological polar surface area (TPSA) is 99.4 Å². The Bertz CT molecular complexity index is 758. The molecule has 1 heterocycles. The molecular weight excluding hydrogens is 310 g/mol. The lowest BCUT2D eigenvalue weighted by atomic mass is 9.99. The second kappa shape index (κ2) is 7.15. The molecule has 0 bridgehead atoms. The van der Waals surface area contributed by atoms with Crippen LogP contribution in [0, 0.1) is 6.92 Å². The minimum Gasteiger partial charge on any atom is -0.451 e. The zero-order valence-corrected chi connectivity index (χ0v) is 14.1. The van der Waals surface area contributed by atoms with E-state index in [1.165, 1.54) is 11.6 Å². The van der Waals surface area contributed by atoms with E-state index in [1.807, 2.05) is 19.1 Å². The van der Waals surface area contributed by atoms with Crippen LogP contribution in [0.5, 0.6) is 11.5 Å². The fourth-order valence-electron chi connectivity index (χ4n) is 2.08. The monoisotopic (exact) mass is 329 g/mol. The van der Waals surface area contributed by atoms with Crippen LogP contribution < -0.4 is 16.2 Å². The van der Waals surface area contributed by atoms with Gasteiger partial charge in [-0.25, -0.2) is 4.98 Å². The van der Waals surface area contributed by atoms with E-state index in [0.717, 1.165) is 16.8 Å². The summed E-state index contributed by atoms with van der Waals surface area (Å²) in [5, 5.41) is 1.46. The quantitative estimate of drug-likeness (QED) is 0.642. The summed E-state index contributed by atoms with van der Waals surface area (Å²) in [6.45, 7) is 6.17. The van der Waals surface area contributed by atoms with Gasteiger partial charge in [0.05, 0.1) is 11.9 Å². The average molecular weight is 329 g/mol. The molecule has 0 atom stereocenters.